The van der Waals surface area contributed by atoms with Crippen LogP contribution in [0.5, 0.6) is 0 Å². The number of benzene rings is 3. The highest BCUT2D eigenvalue weighted by atomic mass is 32.2. The highest BCUT2D eigenvalue weighted by Crippen LogP contribution is 2.26. The molecule has 0 saturated carbocycles. The summed E-state index contributed by atoms with van der Waals surface area (Å²) in [5.74, 6) is -0.504. The number of likely N-dealkylation sites (N-methyl/N-ethyl adjacent to an activating group) is 1. The zero-order valence-corrected chi connectivity index (χ0v) is 23.5. The van der Waals surface area contributed by atoms with Crippen LogP contribution in [0.4, 0.5) is 5.69 Å². The molecular weight excluding hydrogens is 498 g/mol. The van der Waals surface area contributed by atoms with Crippen molar-refractivity contribution < 1.29 is 18.0 Å². The van der Waals surface area contributed by atoms with Gasteiger partial charge in [-0.1, -0.05) is 74.0 Å². The van der Waals surface area contributed by atoms with Gasteiger partial charge in [-0.3, -0.25) is 13.9 Å². The maximum atomic E-state index is 13.8. The van der Waals surface area contributed by atoms with E-state index in [0.29, 0.717) is 12.1 Å². The van der Waals surface area contributed by atoms with E-state index in [9.17, 15) is 18.0 Å². The molecule has 0 heterocycles. The zero-order valence-electron chi connectivity index (χ0n) is 22.7. The Labute approximate surface area is 226 Å². The number of hydrogen-bond acceptors (Lipinski definition) is 4. The topological polar surface area (TPSA) is 86.8 Å². The number of anilines is 1. The van der Waals surface area contributed by atoms with Crippen LogP contribution in [0.3, 0.4) is 0 Å². The van der Waals surface area contributed by atoms with Gasteiger partial charge in [0, 0.05) is 13.6 Å². The summed E-state index contributed by atoms with van der Waals surface area (Å²) >= 11 is 0. The van der Waals surface area contributed by atoms with Gasteiger partial charge in [0.25, 0.3) is 10.0 Å². The largest absolute Gasteiger partial charge is 0.357 e. The summed E-state index contributed by atoms with van der Waals surface area (Å²) in [7, 11) is -2.55. The Morgan fingerprint density at radius 2 is 1.47 bits per heavy atom. The first-order chi connectivity index (χ1) is 18.0. The molecule has 0 aliphatic carbocycles. The Hall–Kier alpha value is -3.65. The lowest BCUT2D eigenvalue weighted by Gasteiger charge is -2.32. The van der Waals surface area contributed by atoms with E-state index in [1.165, 1.54) is 11.9 Å². The summed E-state index contributed by atoms with van der Waals surface area (Å²) in [6.07, 6.45) is 0.529. The van der Waals surface area contributed by atoms with E-state index < -0.39 is 28.5 Å². The minimum atomic E-state index is -4.07. The first-order valence-corrected chi connectivity index (χ1v) is 14.2. The van der Waals surface area contributed by atoms with E-state index in [1.54, 1.807) is 43.3 Å². The lowest BCUT2D eigenvalue weighted by Crippen LogP contribution is -2.51. The van der Waals surface area contributed by atoms with Gasteiger partial charge in [0.05, 0.1) is 10.6 Å². The third-order valence-corrected chi connectivity index (χ3v) is 8.42. The van der Waals surface area contributed by atoms with Crippen LogP contribution < -0.4 is 9.62 Å². The minimum Gasteiger partial charge on any atom is -0.357 e. The molecule has 1 atom stereocenters. The van der Waals surface area contributed by atoms with Crippen molar-refractivity contribution in [2.75, 3.05) is 24.4 Å². The smallest absolute Gasteiger partial charge is 0.264 e. The normalized spacial score (nSPS) is 12.2. The second-order valence-corrected chi connectivity index (χ2v) is 11.5. The van der Waals surface area contributed by atoms with Crippen molar-refractivity contribution in [1.29, 1.82) is 0 Å². The summed E-state index contributed by atoms with van der Waals surface area (Å²) in [4.78, 5) is 27.8. The minimum absolute atomic E-state index is 0.0963. The number of carbonyl (C=O) groups excluding carboxylic acids is 2. The fourth-order valence-electron chi connectivity index (χ4n) is 4.17. The Morgan fingerprint density at radius 1 is 0.868 bits per heavy atom. The molecule has 38 heavy (non-hydrogen) atoms. The zero-order chi connectivity index (χ0) is 27.9. The first kappa shape index (κ1) is 28.9. The summed E-state index contributed by atoms with van der Waals surface area (Å²) in [6, 6.07) is 22.6. The van der Waals surface area contributed by atoms with Gasteiger partial charge in [-0.15, -0.1) is 0 Å². The van der Waals surface area contributed by atoms with Crippen LogP contribution in [0.1, 0.15) is 43.4 Å². The maximum Gasteiger partial charge on any atom is 0.264 e. The van der Waals surface area contributed by atoms with Crippen molar-refractivity contribution in [3.05, 3.63) is 95.6 Å². The van der Waals surface area contributed by atoms with E-state index in [1.807, 2.05) is 49.4 Å². The Bertz CT molecular complexity index is 1320. The van der Waals surface area contributed by atoms with Gasteiger partial charge >= 0.3 is 0 Å². The molecular formula is C30H37N3O4S. The molecule has 0 radical (unpaired) electrons. The molecule has 3 aromatic carbocycles. The van der Waals surface area contributed by atoms with E-state index in [2.05, 4.69) is 19.2 Å². The molecule has 0 aromatic heterocycles. The molecule has 0 spiro atoms. The van der Waals surface area contributed by atoms with Crippen LogP contribution in [0, 0.1) is 6.92 Å². The standard InChI is InChI=1S/C30H37N3O4S/c1-22(2)26-13-15-27(16-14-26)33(38(36,37)28-17-11-23(3)12-18-28)21-29(34)32(24(4)30(35)31-5)20-19-25-9-7-6-8-10-25/h6-18,22,24H,19-21H2,1-5H3,(H,31,35)/t24-/m1/s1. The highest BCUT2D eigenvalue weighted by molar-refractivity contribution is 7.92. The number of sulfonamides is 1. The molecule has 7 nitrogen and oxygen atoms in total. The number of carbonyl (C=O) groups is 2. The summed E-state index contributed by atoms with van der Waals surface area (Å²) in [5, 5.41) is 2.60. The van der Waals surface area contributed by atoms with Gasteiger partial charge in [0.2, 0.25) is 11.8 Å². The molecule has 0 fully saturated rings. The van der Waals surface area contributed by atoms with Crippen molar-refractivity contribution >= 4 is 27.5 Å². The molecule has 3 rings (SSSR count). The van der Waals surface area contributed by atoms with Crippen LogP contribution in [0.25, 0.3) is 0 Å². The maximum absolute atomic E-state index is 13.8. The molecule has 1 N–H and O–H groups in total. The number of nitrogens with one attached hydrogen (secondary N) is 1. The molecule has 3 aromatic rings. The van der Waals surface area contributed by atoms with Crippen molar-refractivity contribution in [2.45, 2.75) is 51.0 Å². The summed E-state index contributed by atoms with van der Waals surface area (Å²) < 4.78 is 28.8. The quantitative estimate of drug-likeness (QED) is 0.391. The van der Waals surface area contributed by atoms with E-state index >= 15 is 0 Å². The Kier molecular flexibility index (Phi) is 9.69. The third-order valence-electron chi connectivity index (χ3n) is 6.63. The van der Waals surface area contributed by atoms with Gasteiger partial charge in [0.1, 0.15) is 12.6 Å². The van der Waals surface area contributed by atoms with Crippen molar-refractivity contribution in [2.24, 2.45) is 0 Å². The lowest BCUT2D eigenvalue weighted by molar-refractivity contribution is -0.138. The van der Waals surface area contributed by atoms with Gasteiger partial charge in [-0.25, -0.2) is 8.42 Å². The third kappa shape index (κ3) is 7.01. The first-order valence-electron chi connectivity index (χ1n) is 12.8. The van der Waals surface area contributed by atoms with Crippen molar-refractivity contribution in [3.8, 4) is 0 Å². The average molecular weight is 536 g/mol. The molecule has 0 unspecified atom stereocenters. The molecule has 8 heteroatoms. The summed E-state index contributed by atoms with van der Waals surface area (Å²) in [6.45, 7) is 7.48. The number of hydrogen-bond donors (Lipinski definition) is 1. The molecule has 0 aliphatic heterocycles. The number of amides is 2. The molecule has 0 saturated heterocycles. The van der Waals surface area contributed by atoms with E-state index in [-0.39, 0.29) is 23.3 Å². The average Bonchev–Trinajstić information content (AvgIpc) is 2.92. The predicted molar refractivity (Wildman–Crippen MR) is 152 cm³/mol. The second kappa shape index (κ2) is 12.7. The van der Waals surface area contributed by atoms with Crippen molar-refractivity contribution in [1.82, 2.24) is 10.2 Å². The molecule has 0 aliphatic rings. The van der Waals surface area contributed by atoms with Gasteiger partial charge in [-0.05, 0) is 61.6 Å². The number of aryl methyl sites for hydroxylation is 1. The second-order valence-electron chi connectivity index (χ2n) is 9.68. The Balaban J connectivity index is 1.99. The van der Waals surface area contributed by atoms with Crippen LogP contribution in [-0.4, -0.2) is 51.3 Å². The SMILES string of the molecule is CNC(=O)[C@@H](C)N(CCc1ccccc1)C(=O)CN(c1ccc(C(C)C)cc1)S(=O)(=O)c1ccc(C)cc1. The van der Waals surface area contributed by atoms with Crippen LogP contribution in [-0.2, 0) is 26.0 Å². The lowest BCUT2D eigenvalue weighted by atomic mass is 10.0. The summed E-state index contributed by atoms with van der Waals surface area (Å²) in [5.41, 5.74) is 3.39. The fraction of sp³-hybridized carbons (Fsp3) is 0.333. The number of nitrogens with zero attached hydrogens (tertiary/aromatic N) is 2. The van der Waals surface area contributed by atoms with E-state index in [0.717, 1.165) is 21.0 Å². The molecule has 2 amide bonds. The highest BCUT2D eigenvalue weighted by Gasteiger charge is 2.32. The Morgan fingerprint density at radius 3 is 2.03 bits per heavy atom. The van der Waals surface area contributed by atoms with Crippen LogP contribution >= 0.6 is 0 Å². The monoisotopic (exact) mass is 535 g/mol. The van der Waals surface area contributed by atoms with Crippen LogP contribution in [0.2, 0.25) is 0 Å². The van der Waals surface area contributed by atoms with Gasteiger partial charge in [-0.2, -0.15) is 0 Å². The van der Waals surface area contributed by atoms with Crippen LogP contribution in [0.15, 0.2) is 83.8 Å². The van der Waals surface area contributed by atoms with Gasteiger partial charge < -0.3 is 10.2 Å². The van der Waals surface area contributed by atoms with Crippen molar-refractivity contribution in [3.63, 3.8) is 0 Å². The van der Waals surface area contributed by atoms with E-state index in [4.69, 9.17) is 0 Å². The molecule has 202 valence electrons. The van der Waals surface area contributed by atoms with Gasteiger partial charge in [0.15, 0.2) is 0 Å². The molecule has 0 bridgehead atoms. The predicted octanol–water partition coefficient (Wildman–Crippen LogP) is 4.52. The number of rotatable bonds is 11. The fourth-order valence-corrected chi connectivity index (χ4v) is 5.58.